The Hall–Kier alpha value is -2.24. The summed E-state index contributed by atoms with van der Waals surface area (Å²) < 4.78 is 5.28. The van der Waals surface area contributed by atoms with Crippen molar-refractivity contribution < 1.29 is 9.84 Å². The summed E-state index contributed by atoms with van der Waals surface area (Å²) in [6.07, 6.45) is 7.77. The van der Waals surface area contributed by atoms with E-state index in [9.17, 15) is 5.11 Å². The van der Waals surface area contributed by atoms with Crippen LogP contribution in [0.3, 0.4) is 0 Å². The first kappa shape index (κ1) is 22.9. The van der Waals surface area contributed by atoms with Gasteiger partial charge in [0.1, 0.15) is 5.69 Å². The van der Waals surface area contributed by atoms with Crippen LogP contribution in [0, 0.1) is 11.8 Å². The lowest BCUT2D eigenvalue weighted by molar-refractivity contribution is -0.0136. The van der Waals surface area contributed by atoms with Gasteiger partial charge in [-0.15, -0.1) is 0 Å². The van der Waals surface area contributed by atoms with E-state index >= 15 is 0 Å². The minimum atomic E-state index is -0.603. The lowest BCUT2D eigenvalue weighted by Crippen LogP contribution is -2.42. The van der Waals surface area contributed by atoms with Crippen molar-refractivity contribution in [3.05, 3.63) is 46.0 Å². The zero-order valence-electron chi connectivity index (χ0n) is 18.8. The number of halogens is 1. The van der Waals surface area contributed by atoms with Gasteiger partial charge in [0.25, 0.3) is 0 Å². The topological polar surface area (TPSA) is 83.4 Å². The van der Waals surface area contributed by atoms with Crippen molar-refractivity contribution in [3.8, 4) is 11.8 Å². The Bertz CT molecular complexity index is 1020. The van der Waals surface area contributed by atoms with Gasteiger partial charge < -0.3 is 15.2 Å². The number of aliphatic hydroxyl groups excluding tert-OH is 1. The Balaban J connectivity index is 1.63. The van der Waals surface area contributed by atoms with E-state index in [0.717, 1.165) is 18.5 Å². The lowest BCUT2D eigenvalue weighted by Gasteiger charge is -2.28. The summed E-state index contributed by atoms with van der Waals surface area (Å²) >= 11 is 6.34. The van der Waals surface area contributed by atoms with Crippen molar-refractivity contribution in [1.82, 2.24) is 19.9 Å². The van der Waals surface area contributed by atoms with Crippen LogP contribution >= 0.6 is 11.6 Å². The van der Waals surface area contributed by atoms with E-state index in [0.29, 0.717) is 48.3 Å². The van der Waals surface area contributed by atoms with Gasteiger partial charge in [-0.25, -0.2) is 9.97 Å². The zero-order chi connectivity index (χ0) is 22.7. The summed E-state index contributed by atoms with van der Waals surface area (Å²) in [4.78, 5) is 15.6. The van der Waals surface area contributed by atoms with Crippen LogP contribution in [-0.4, -0.2) is 63.9 Å². The number of aliphatic hydroxyl groups is 1. The summed E-state index contributed by atoms with van der Waals surface area (Å²) in [7, 11) is 2.17. The van der Waals surface area contributed by atoms with Crippen LogP contribution in [0.25, 0.3) is 0 Å². The van der Waals surface area contributed by atoms with E-state index in [1.165, 1.54) is 23.7 Å². The zero-order valence-corrected chi connectivity index (χ0v) is 19.6. The molecule has 7 nitrogen and oxygen atoms in total. The third-order valence-electron chi connectivity index (χ3n) is 6.18. The third-order valence-corrected chi connectivity index (χ3v) is 6.45. The normalized spacial score (nSPS) is 23.8. The predicted octanol–water partition coefficient (Wildman–Crippen LogP) is 3.38. The summed E-state index contributed by atoms with van der Waals surface area (Å²) in [6, 6.07) is 0.216. The fourth-order valence-electron chi connectivity index (χ4n) is 4.51. The van der Waals surface area contributed by atoms with E-state index in [4.69, 9.17) is 16.3 Å². The number of pyridine rings is 1. The number of ether oxygens (including phenoxy) is 1. The smallest absolute Gasteiger partial charge is 0.224 e. The maximum absolute atomic E-state index is 10.1. The fraction of sp³-hybridized carbons (Fsp3) is 0.542. The number of nitrogens with zero attached hydrogens (tertiary/aromatic N) is 4. The highest BCUT2D eigenvalue weighted by Gasteiger charge is 2.27. The molecule has 3 atom stereocenters. The molecule has 2 aliphatic rings. The molecule has 0 radical (unpaired) electrons. The van der Waals surface area contributed by atoms with E-state index < -0.39 is 6.10 Å². The van der Waals surface area contributed by atoms with Crippen molar-refractivity contribution >= 4 is 17.5 Å². The van der Waals surface area contributed by atoms with E-state index in [1.54, 1.807) is 0 Å². The summed E-state index contributed by atoms with van der Waals surface area (Å²) in [6.45, 7) is 6.38. The number of hydrogen-bond acceptors (Lipinski definition) is 7. The average Bonchev–Trinajstić information content (AvgIpc) is 3.21. The summed E-state index contributed by atoms with van der Waals surface area (Å²) in [5, 5.41) is 13.7. The lowest BCUT2D eigenvalue weighted by atomic mass is 9.90. The van der Waals surface area contributed by atoms with Crippen LogP contribution in [0.2, 0.25) is 5.02 Å². The highest BCUT2D eigenvalue weighted by Crippen LogP contribution is 2.36. The Morgan fingerprint density at radius 3 is 2.81 bits per heavy atom. The predicted molar refractivity (Wildman–Crippen MR) is 125 cm³/mol. The first-order valence-electron chi connectivity index (χ1n) is 11.2. The van der Waals surface area contributed by atoms with Crippen LogP contribution in [0.1, 0.15) is 67.5 Å². The Morgan fingerprint density at radius 2 is 2.09 bits per heavy atom. The maximum atomic E-state index is 10.1. The van der Waals surface area contributed by atoms with Gasteiger partial charge in [0, 0.05) is 30.6 Å². The molecule has 170 valence electrons. The van der Waals surface area contributed by atoms with Crippen LogP contribution in [0.15, 0.2) is 18.6 Å². The highest BCUT2D eigenvalue weighted by molar-refractivity contribution is 6.31. The Kier molecular flexibility index (Phi) is 7.27. The second-order valence-corrected chi connectivity index (χ2v) is 9.21. The highest BCUT2D eigenvalue weighted by atomic mass is 35.5. The third kappa shape index (κ3) is 5.05. The summed E-state index contributed by atoms with van der Waals surface area (Å²) in [5.41, 5.74) is 3.85. The molecule has 2 fully saturated rings. The minimum absolute atomic E-state index is 0.164. The van der Waals surface area contributed by atoms with E-state index in [1.807, 2.05) is 12.4 Å². The van der Waals surface area contributed by atoms with Crippen LogP contribution in [-0.2, 0) is 4.74 Å². The fourth-order valence-corrected chi connectivity index (χ4v) is 4.65. The molecular weight excluding hydrogens is 426 g/mol. The van der Waals surface area contributed by atoms with E-state index in [2.05, 4.69) is 57.9 Å². The number of hydrogen-bond donors (Lipinski definition) is 2. The molecule has 0 amide bonds. The molecule has 4 rings (SSSR count). The molecule has 32 heavy (non-hydrogen) atoms. The molecule has 1 unspecified atom stereocenters. The van der Waals surface area contributed by atoms with Crippen molar-refractivity contribution in [2.75, 3.05) is 32.1 Å². The quantitative estimate of drug-likeness (QED) is 0.684. The molecular formula is C24H30ClN5O2. The second-order valence-electron chi connectivity index (χ2n) is 8.81. The molecule has 8 heteroatoms. The molecule has 2 aliphatic heterocycles. The van der Waals surface area contributed by atoms with Gasteiger partial charge in [-0.05, 0) is 55.8 Å². The van der Waals surface area contributed by atoms with Gasteiger partial charge in [0.05, 0.1) is 30.0 Å². The largest absolute Gasteiger partial charge is 0.389 e. The van der Waals surface area contributed by atoms with Crippen molar-refractivity contribution in [1.29, 1.82) is 0 Å². The molecule has 2 N–H and O–H groups in total. The van der Waals surface area contributed by atoms with Gasteiger partial charge in [0.15, 0.2) is 0 Å². The number of rotatable bonds is 4. The van der Waals surface area contributed by atoms with Gasteiger partial charge in [0.2, 0.25) is 5.95 Å². The number of anilines is 1. The first-order valence-corrected chi connectivity index (χ1v) is 11.6. The van der Waals surface area contributed by atoms with Crippen molar-refractivity contribution in [3.63, 3.8) is 0 Å². The number of aromatic nitrogens is 3. The standard InChI is InChI=1S/C24H30ClN5O2/c1-15(2)23-16(11-26-12-17(23)21-5-4-9-30(21)3)6-7-19-18(25)13-27-24(28-19)29-20-8-10-32-14-22(20)31/h11-13,15,20-22,31H,4-5,8-10,14H2,1-3H3,(H,27,28,29)/t20-,21?,22-/m1/s1. The second kappa shape index (κ2) is 10.1. The average molecular weight is 456 g/mol. The molecule has 0 saturated carbocycles. The molecule has 4 heterocycles. The molecule has 0 bridgehead atoms. The van der Waals surface area contributed by atoms with Crippen LogP contribution in [0.5, 0.6) is 0 Å². The van der Waals surface area contributed by atoms with Gasteiger partial charge in [-0.3, -0.25) is 9.88 Å². The monoisotopic (exact) mass is 455 g/mol. The first-order chi connectivity index (χ1) is 15.4. The molecule has 2 aromatic rings. The molecule has 0 spiro atoms. The maximum Gasteiger partial charge on any atom is 0.224 e. The van der Waals surface area contributed by atoms with E-state index in [-0.39, 0.29) is 6.04 Å². The Labute approximate surface area is 194 Å². The summed E-state index contributed by atoms with van der Waals surface area (Å²) in [5.74, 6) is 7.11. The SMILES string of the molecule is CC(C)c1c(C#Cc2nc(N[C@@H]3CCOC[C@H]3O)ncc2Cl)cncc1C1CCCN1C. The van der Waals surface area contributed by atoms with Crippen LogP contribution < -0.4 is 5.32 Å². The molecule has 2 saturated heterocycles. The van der Waals surface area contributed by atoms with Crippen molar-refractivity contribution in [2.24, 2.45) is 0 Å². The number of likely N-dealkylation sites (tertiary alicyclic amines) is 1. The van der Waals surface area contributed by atoms with Crippen LogP contribution in [0.4, 0.5) is 5.95 Å². The number of nitrogens with one attached hydrogen (secondary N) is 1. The minimum Gasteiger partial charge on any atom is -0.389 e. The van der Waals surface area contributed by atoms with Crippen molar-refractivity contribution in [2.45, 2.75) is 57.2 Å². The molecule has 0 aliphatic carbocycles. The molecule has 0 aromatic carbocycles. The van der Waals surface area contributed by atoms with Gasteiger partial charge in [-0.1, -0.05) is 31.4 Å². The van der Waals surface area contributed by atoms with Gasteiger partial charge in [-0.2, -0.15) is 0 Å². The molecule has 2 aromatic heterocycles. The van der Waals surface area contributed by atoms with Gasteiger partial charge >= 0.3 is 0 Å². The Morgan fingerprint density at radius 1 is 1.25 bits per heavy atom.